The number of hydrogen-bond donors (Lipinski definition) is 2. The van der Waals surface area contributed by atoms with Gasteiger partial charge in [-0.2, -0.15) is 4.31 Å². The Bertz CT molecular complexity index is 344. The van der Waals surface area contributed by atoms with Gasteiger partial charge in [-0.3, -0.25) is 0 Å². The quantitative estimate of drug-likeness (QED) is 0.698. The Kier molecular flexibility index (Phi) is 3.07. The number of nitrogens with one attached hydrogen (secondary N) is 1. The molecule has 0 atom stereocenters. The fraction of sp³-hybridized carbons (Fsp3) is 0.429. The van der Waals surface area contributed by atoms with Crippen LogP contribution in [-0.2, 0) is 10.0 Å². The number of aromatic nitrogens is 1. The maximum Gasteiger partial charge on any atom is 0.244 e. The molecule has 1 aromatic rings. The van der Waals surface area contributed by atoms with Crippen molar-refractivity contribution in [3.05, 3.63) is 18.5 Å². The summed E-state index contributed by atoms with van der Waals surface area (Å²) < 4.78 is 24.5. The topological polar surface area (TPSA) is 79.2 Å². The number of sulfonamides is 1. The monoisotopic (exact) mass is 203 g/mol. The first kappa shape index (κ1) is 10.2. The van der Waals surface area contributed by atoms with E-state index in [0.717, 1.165) is 0 Å². The Morgan fingerprint density at radius 1 is 1.62 bits per heavy atom. The average Bonchev–Trinajstić information content (AvgIpc) is 2.56. The van der Waals surface area contributed by atoms with Crippen molar-refractivity contribution in [1.82, 2.24) is 9.29 Å². The molecule has 0 saturated carbocycles. The summed E-state index contributed by atoms with van der Waals surface area (Å²) in [7, 11) is -1.83. The van der Waals surface area contributed by atoms with Gasteiger partial charge in [0.1, 0.15) is 0 Å². The van der Waals surface area contributed by atoms with Crippen LogP contribution in [0.1, 0.15) is 0 Å². The van der Waals surface area contributed by atoms with Gasteiger partial charge in [-0.15, -0.1) is 0 Å². The summed E-state index contributed by atoms with van der Waals surface area (Å²) >= 11 is 0. The molecule has 0 bridgehead atoms. The summed E-state index contributed by atoms with van der Waals surface area (Å²) in [6.45, 7) is 0.646. The van der Waals surface area contributed by atoms with E-state index in [0.29, 0.717) is 13.1 Å². The van der Waals surface area contributed by atoms with E-state index < -0.39 is 10.0 Å². The van der Waals surface area contributed by atoms with Crippen LogP contribution in [0.5, 0.6) is 0 Å². The second-order valence-corrected chi connectivity index (χ2v) is 4.71. The van der Waals surface area contributed by atoms with E-state index in [1.807, 2.05) is 0 Å². The van der Waals surface area contributed by atoms with Crippen molar-refractivity contribution in [1.29, 1.82) is 0 Å². The third kappa shape index (κ3) is 2.09. The summed E-state index contributed by atoms with van der Waals surface area (Å²) in [4.78, 5) is 2.96. The van der Waals surface area contributed by atoms with Crippen molar-refractivity contribution in [2.24, 2.45) is 5.73 Å². The Morgan fingerprint density at radius 3 is 2.77 bits per heavy atom. The van der Waals surface area contributed by atoms with E-state index in [9.17, 15) is 8.42 Å². The molecule has 74 valence electrons. The predicted molar refractivity (Wildman–Crippen MR) is 49.7 cm³/mol. The number of aromatic amines is 1. The van der Waals surface area contributed by atoms with E-state index in [1.54, 1.807) is 6.20 Å². The SMILES string of the molecule is CN(CCN)S(=O)(=O)c1cc[nH]c1. The van der Waals surface area contributed by atoms with E-state index in [4.69, 9.17) is 5.73 Å². The summed E-state index contributed by atoms with van der Waals surface area (Å²) in [6, 6.07) is 1.52. The standard InChI is InChI=1S/C7H13N3O2S/c1-10(5-3-8)13(11,12)7-2-4-9-6-7/h2,4,6,9H,3,5,8H2,1H3. The number of hydrogen-bond acceptors (Lipinski definition) is 3. The lowest BCUT2D eigenvalue weighted by Crippen LogP contribution is -2.31. The van der Waals surface area contributed by atoms with Crippen molar-refractivity contribution in [3.8, 4) is 0 Å². The molecule has 1 rings (SSSR count). The van der Waals surface area contributed by atoms with Crippen LogP contribution in [0.3, 0.4) is 0 Å². The van der Waals surface area contributed by atoms with Gasteiger partial charge in [0.2, 0.25) is 10.0 Å². The highest BCUT2D eigenvalue weighted by Crippen LogP contribution is 2.11. The van der Waals surface area contributed by atoms with Crippen LogP contribution >= 0.6 is 0 Å². The van der Waals surface area contributed by atoms with Crippen LogP contribution in [0.15, 0.2) is 23.4 Å². The highest BCUT2D eigenvalue weighted by molar-refractivity contribution is 7.89. The van der Waals surface area contributed by atoms with Crippen LogP contribution in [0.4, 0.5) is 0 Å². The molecule has 0 aromatic carbocycles. The van der Waals surface area contributed by atoms with Crippen LogP contribution in [0, 0.1) is 0 Å². The minimum atomic E-state index is -3.34. The van der Waals surface area contributed by atoms with Gasteiger partial charge in [0, 0.05) is 32.5 Å². The molecule has 0 radical (unpaired) electrons. The van der Waals surface area contributed by atoms with Crippen molar-refractivity contribution in [3.63, 3.8) is 0 Å². The number of nitrogens with zero attached hydrogens (tertiary/aromatic N) is 1. The van der Waals surface area contributed by atoms with Gasteiger partial charge in [0.25, 0.3) is 0 Å². The summed E-state index contributed by atoms with van der Waals surface area (Å²) in [5, 5.41) is 0. The van der Waals surface area contributed by atoms with Crippen LogP contribution < -0.4 is 5.73 Å². The van der Waals surface area contributed by atoms with Gasteiger partial charge in [-0.25, -0.2) is 8.42 Å². The summed E-state index contributed by atoms with van der Waals surface area (Å²) in [6.07, 6.45) is 3.02. The first-order valence-electron chi connectivity index (χ1n) is 3.88. The molecule has 0 aliphatic rings. The largest absolute Gasteiger partial charge is 0.366 e. The lowest BCUT2D eigenvalue weighted by atomic mass is 10.7. The molecule has 3 N–H and O–H groups in total. The highest BCUT2D eigenvalue weighted by atomic mass is 32.2. The minimum absolute atomic E-state index is 0.267. The van der Waals surface area contributed by atoms with Gasteiger partial charge in [0.05, 0.1) is 4.90 Å². The highest BCUT2D eigenvalue weighted by Gasteiger charge is 2.19. The number of rotatable bonds is 4. The van der Waals surface area contributed by atoms with Gasteiger partial charge in [-0.05, 0) is 6.07 Å². The van der Waals surface area contributed by atoms with E-state index in [1.165, 1.54) is 23.6 Å². The zero-order valence-corrected chi connectivity index (χ0v) is 8.21. The molecule has 0 unspecified atom stereocenters. The maximum absolute atomic E-state index is 11.6. The summed E-state index contributed by atoms with van der Waals surface area (Å²) in [5.74, 6) is 0. The summed E-state index contributed by atoms with van der Waals surface area (Å²) in [5.41, 5.74) is 5.27. The second-order valence-electron chi connectivity index (χ2n) is 2.66. The van der Waals surface area contributed by atoms with Gasteiger partial charge in [-0.1, -0.05) is 0 Å². The van der Waals surface area contributed by atoms with E-state index in [-0.39, 0.29) is 4.90 Å². The Hall–Kier alpha value is -0.850. The third-order valence-corrected chi connectivity index (χ3v) is 3.57. The number of likely N-dealkylation sites (N-methyl/N-ethyl adjacent to an activating group) is 1. The molecule has 0 fully saturated rings. The van der Waals surface area contributed by atoms with E-state index >= 15 is 0 Å². The first-order valence-corrected chi connectivity index (χ1v) is 5.32. The molecule has 5 nitrogen and oxygen atoms in total. The third-order valence-electron chi connectivity index (χ3n) is 1.72. The lowest BCUT2D eigenvalue weighted by molar-refractivity contribution is 0.477. The van der Waals surface area contributed by atoms with Crippen LogP contribution in [0.25, 0.3) is 0 Å². The number of H-pyrrole nitrogens is 1. The Balaban J connectivity index is 2.90. The molecular formula is C7H13N3O2S. The second kappa shape index (κ2) is 3.91. The number of nitrogens with two attached hydrogens (primary N) is 1. The Labute approximate surface area is 77.6 Å². The molecule has 0 amide bonds. The fourth-order valence-corrected chi connectivity index (χ4v) is 2.11. The van der Waals surface area contributed by atoms with Crippen molar-refractivity contribution < 1.29 is 8.42 Å². The average molecular weight is 203 g/mol. The molecule has 0 saturated heterocycles. The molecule has 0 aliphatic carbocycles. The zero-order chi connectivity index (χ0) is 9.90. The van der Waals surface area contributed by atoms with Crippen molar-refractivity contribution in [2.45, 2.75) is 4.90 Å². The normalized spacial score (nSPS) is 12.2. The molecule has 13 heavy (non-hydrogen) atoms. The van der Waals surface area contributed by atoms with Crippen LogP contribution in [-0.4, -0.2) is 37.8 Å². The molecule has 6 heteroatoms. The smallest absolute Gasteiger partial charge is 0.244 e. The van der Waals surface area contributed by atoms with Gasteiger partial charge < -0.3 is 10.7 Å². The predicted octanol–water partition coefficient (Wildman–Crippen LogP) is -0.406. The molecule has 0 aliphatic heterocycles. The van der Waals surface area contributed by atoms with Crippen molar-refractivity contribution in [2.75, 3.05) is 20.1 Å². The van der Waals surface area contributed by atoms with Crippen molar-refractivity contribution >= 4 is 10.0 Å². The molecule has 0 spiro atoms. The first-order chi connectivity index (χ1) is 6.09. The van der Waals surface area contributed by atoms with E-state index in [2.05, 4.69) is 4.98 Å². The van der Waals surface area contributed by atoms with Gasteiger partial charge in [0.15, 0.2) is 0 Å². The fourth-order valence-electron chi connectivity index (χ4n) is 0.951. The van der Waals surface area contributed by atoms with Crippen LogP contribution in [0.2, 0.25) is 0 Å². The maximum atomic E-state index is 11.6. The zero-order valence-electron chi connectivity index (χ0n) is 7.40. The molecule has 1 aromatic heterocycles. The Morgan fingerprint density at radius 2 is 2.31 bits per heavy atom. The lowest BCUT2D eigenvalue weighted by Gasteiger charge is -2.14. The molecular weight excluding hydrogens is 190 g/mol. The molecule has 1 heterocycles. The minimum Gasteiger partial charge on any atom is -0.366 e. The van der Waals surface area contributed by atoms with Gasteiger partial charge >= 0.3 is 0 Å².